The van der Waals surface area contributed by atoms with Crippen molar-refractivity contribution < 1.29 is 32.5 Å². The largest absolute Gasteiger partial charge is 0.471 e. The molecule has 8 nitrogen and oxygen atoms in total. The molecule has 4 N–H and O–H groups in total. The van der Waals surface area contributed by atoms with Crippen LogP contribution in [0.3, 0.4) is 0 Å². The average molecular weight is 396 g/mol. The lowest BCUT2D eigenvalue weighted by Crippen LogP contribution is -2.45. The van der Waals surface area contributed by atoms with Crippen molar-refractivity contribution in [2.45, 2.75) is 25.1 Å². The molecule has 148 valence electrons. The molecule has 1 aromatic carbocycles. The second-order valence-corrected chi connectivity index (χ2v) is 6.06. The Hall–Kier alpha value is -3.34. The van der Waals surface area contributed by atoms with Crippen molar-refractivity contribution in [1.82, 2.24) is 20.9 Å². The average Bonchev–Trinajstić information content (AvgIpc) is 3.28. The van der Waals surface area contributed by atoms with Crippen molar-refractivity contribution in [3.8, 4) is 0 Å². The predicted molar refractivity (Wildman–Crippen MR) is 89.4 cm³/mol. The molecule has 0 aliphatic rings. The summed E-state index contributed by atoms with van der Waals surface area (Å²) in [6, 6.07) is 7.42. The van der Waals surface area contributed by atoms with Crippen molar-refractivity contribution in [3.05, 3.63) is 53.5 Å². The smallest absolute Gasteiger partial charge is 0.361 e. The molecule has 1 atom stereocenters. The summed E-state index contributed by atoms with van der Waals surface area (Å²) in [6.45, 7) is 0. The Morgan fingerprint density at radius 3 is 2.71 bits per heavy atom. The molecule has 2 heterocycles. The second kappa shape index (κ2) is 7.72. The number of rotatable bonds is 6. The van der Waals surface area contributed by atoms with Gasteiger partial charge in [0.15, 0.2) is 5.69 Å². The van der Waals surface area contributed by atoms with Crippen LogP contribution >= 0.6 is 0 Å². The summed E-state index contributed by atoms with van der Waals surface area (Å²) in [5, 5.41) is 14.8. The van der Waals surface area contributed by atoms with Gasteiger partial charge in [0.1, 0.15) is 5.76 Å². The third kappa shape index (κ3) is 4.31. The normalized spacial score (nSPS) is 12.7. The number of hydrogen-bond acceptors (Lipinski definition) is 5. The summed E-state index contributed by atoms with van der Waals surface area (Å²) in [4.78, 5) is 25.8. The molecule has 28 heavy (non-hydrogen) atoms. The Bertz CT molecular complexity index is 996. The number of aromatic amines is 1. The van der Waals surface area contributed by atoms with Crippen LogP contribution in [-0.4, -0.2) is 39.4 Å². The summed E-state index contributed by atoms with van der Waals surface area (Å²) >= 11 is 0. The topological polar surface area (TPSA) is 120 Å². The number of para-hydroxylation sites is 1. The van der Waals surface area contributed by atoms with Gasteiger partial charge in [-0.25, -0.2) is 5.48 Å². The fraction of sp³-hybridized carbons (Fsp3) is 0.235. The first-order chi connectivity index (χ1) is 13.3. The van der Waals surface area contributed by atoms with E-state index in [9.17, 15) is 22.8 Å². The van der Waals surface area contributed by atoms with Gasteiger partial charge in [-0.3, -0.25) is 14.8 Å². The molecule has 0 bridgehead atoms. The number of nitrogens with one attached hydrogen (secondary N) is 3. The highest BCUT2D eigenvalue weighted by atomic mass is 19.4. The lowest BCUT2D eigenvalue weighted by molar-refractivity contribution is -0.174. The van der Waals surface area contributed by atoms with Crippen LogP contribution in [0.4, 0.5) is 13.2 Å². The van der Waals surface area contributed by atoms with Crippen LogP contribution in [0.25, 0.3) is 10.9 Å². The van der Waals surface area contributed by atoms with Crippen LogP contribution in [0.5, 0.6) is 0 Å². The summed E-state index contributed by atoms with van der Waals surface area (Å²) < 4.78 is 43.0. The van der Waals surface area contributed by atoms with E-state index >= 15 is 0 Å². The summed E-state index contributed by atoms with van der Waals surface area (Å²) in [6.07, 6.45) is -3.45. The fourth-order valence-corrected chi connectivity index (χ4v) is 2.82. The maximum absolute atomic E-state index is 12.7. The molecule has 1 unspecified atom stereocenters. The minimum absolute atomic E-state index is 0.0749. The van der Waals surface area contributed by atoms with Crippen molar-refractivity contribution in [1.29, 1.82) is 0 Å². The summed E-state index contributed by atoms with van der Waals surface area (Å²) in [5.41, 5.74) is 2.64. The van der Waals surface area contributed by atoms with Crippen LogP contribution in [0.1, 0.15) is 21.8 Å². The lowest BCUT2D eigenvalue weighted by atomic mass is 10.0. The lowest BCUT2D eigenvalue weighted by Gasteiger charge is -2.18. The standard InChI is InChI=1S/C17H15F3N4O4/c18-17(19,20)16(26)22-10(6-11-7-14(24-28-11)15(25)23-27)5-9-8-21-13-4-2-1-3-12(9)13/h1-4,7-8,10,21,27H,5-6H2,(H,22,26)(H,23,25). The highest BCUT2D eigenvalue weighted by Gasteiger charge is 2.40. The van der Waals surface area contributed by atoms with E-state index in [0.717, 1.165) is 10.9 Å². The molecule has 0 saturated heterocycles. The number of carbonyl (C=O) groups excluding carboxylic acids is 2. The van der Waals surface area contributed by atoms with Gasteiger partial charge in [0, 0.05) is 35.6 Å². The first-order valence-electron chi connectivity index (χ1n) is 8.10. The van der Waals surface area contributed by atoms with E-state index in [0.29, 0.717) is 5.56 Å². The highest BCUT2D eigenvalue weighted by Crippen LogP contribution is 2.21. The van der Waals surface area contributed by atoms with Crippen molar-refractivity contribution >= 4 is 22.7 Å². The number of benzene rings is 1. The minimum Gasteiger partial charge on any atom is -0.361 e. The molecule has 3 aromatic rings. The Kier molecular flexibility index (Phi) is 5.36. The van der Waals surface area contributed by atoms with E-state index in [-0.39, 0.29) is 24.3 Å². The van der Waals surface area contributed by atoms with Crippen molar-refractivity contribution in [3.63, 3.8) is 0 Å². The van der Waals surface area contributed by atoms with Crippen molar-refractivity contribution in [2.75, 3.05) is 0 Å². The first kappa shape index (κ1) is 19.4. The number of aromatic nitrogens is 2. The zero-order valence-electron chi connectivity index (χ0n) is 14.2. The number of alkyl halides is 3. The van der Waals surface area contributed by atoms with Gasteiger partial charge < -0.3 is 14.8 Å². The Morgan fingerprint density at radius 2 is 2.00 bits per heavy atom. The number of nitrogens with zero attached hydrogens (tertiary/aromatic N) is 1. The van der Waals surface area contributed by atoms with E-state index in [2.05, 4.69) is 10.1 Å². The second-order valence-electron chi connectivity index (χ2n) is 6.06. The quantitative estimate of drug-likeness (QED) is 0.376. The van der Waals surface area contributed by atoms with Crippen LogP contribution in [0, 0.1) is 0 Å². The zero-order valence-corrected chi connectivity index (χ0v) is 14.2. The van der Waals surface area contributed by atoms with Gasteiger partial charge in [-0.1, -0.05) is 23.4 Å². The number of carbonyl (C=O) groups is 2. The van der Waals surface area contributed by atoms with Crippen LogP contribution < -0.4 is 10.8 Å². The molecule has 0 aliphatic carbocycles. The minimum atomic E-state index is -5.04. The molecule has 0 aliphatic heterocycles. The molecular formula is C17H15F3N4O4. The van der Waals surface area contributed by atoms with E-state index in [1.54, 1.807) is 12.3 Å². The predicted octanol–water partition coefficient (Wildman–Crippen LogP) is 2.11. The van der Waals surface area contributed by atoms with Gasteiger partial charge in [-0.15, -0.1) is 0 Å². The molecule has 11 heteroatoms. The Balaban J connectivity index is 1.83. The van der Waals surface area contributed by atoms with Gasteiger partial charge in [0.2, 0.25) is 0 Å². The van der Waals surface area contributed by atoms with Crippen LogP contribution in [0.2, 0.25) is 0 Å². The molecule has 0 radical (unpaired) electrons. The number of amides is 2. The van der Waals surface area contributed by atoms with E-state index in [4.69, 9.17) is 9.73 Å². The molecule has 0 fully saturated rings. The monoisotopic (exact) mass is 396 g/mol. The van der Waals surface area contributed by atoms with E-state index < -0.39 is 24.0 Å². The molecule has 2 amide bonds. The van der Waals surface area contributed by atoms with Gasteiger partial charge in [-0.05, 0) is 18.1 Å². The number of H-pyrrole nitrogens is 1. The number of hydroxylamine groups is 1. The van der Waals surface area contributed by atoms with Crippen LogP contribution in [0.15, 0.2) is 41.1 Å². The first-order valence-corrected chi connectivity index (χ1v) is 8.10. The maximum Gasteiger partial charge on any atom is 0.471 e. The SMILES string of the molecule is O=C(NO)c1cc(CC(Cc2c[nH]c3ccccc23)NC(=O)C(F)(F)F)on1. The van der Waals surface area contributed by atoms with Gasteiger partial charge in [-0.2, -0.15) is 13.2 Å². The van der Waals surface area contributed by atoms with Gasteiger partial charge >= 0.3 is 12.1 Å². The van der Waals surface area contributed by atoms with Gasteiger partial charge in [0.25, 0.3) is 5.91 Å². The fourth-order valence-electron chi connectivity index (χ4n) is 2.82. The molecular weight excluding hydrogens is 381 g/mol. The summed E-state index contributed by atoms with van der Waals surface area (Å²) in [7, 11) is 0. The van der Waals surface area contributed by atoms with Gasteiger partial charge in [0.05, 0.1) is 0 Å². The molecule has 0 spiro atoms. The van der Waals surface area contributed by atoms with Crippen LogP contribution in [-0.2, 0) is 17.6 Å². The zero-order chi connectivity index (χ0) is 20.3. The van der Waals surface area contributed by atoms with E-state index in [1.165, 1.54) is 11.5 Å². The third-order valence-electron chi connectivity index (χ3n) is 4.07. The Labute approximate surface area is 155 Å². The summed E-state index contributed by atoms with van der Waals surface area (Å²) in [5.74, 6) is -2.93. The number of halogens is 3. The molecule has 0 saturated carbocycles. The maximum atomic E-state index is 12.7. The van der Waals surface area contributed by atoms with Crippen molar-refractivity contribution in [2.24, 2.45) is 0 Å². The highest BCUT2D eigenvalue weighted by molar-refractivity contribution is 5.91. The number of fused-ring (bicyclic) bond motifs is 1. The molecule has 3 rings (SSSR count). The third-order valence-corrected chi connectivity index (χ3v) is 4.07. The number of hydrogen-bond donors (Lipinski definition) is 4. The molecule has 2 aromatic heterocycles. The Morgan fingerprint density at radius 1 is 1.25 bits per heavy atom. The van der Waals surface area contributed by atoms with E-state index in [1.807, 2.05) is 23.5 Å².